The van der Waals surface area contributed by atoms with Gasteiger partial charge in [0.15, 0.2) is 0 Å². The monoisotopic (exact) mass is 304 g/mol. The Morgan fingerprint density at radius 2 is 1.62 bits per heavy atom. The third kappa shape index (κ3) is 2.61. The Morgan fingerprint density at radius 1 is 0.952 bits per heavy atom. The molecule has 8 heteroatoms. The van der Waals surface area contributed by atoms with Crippen LogP contribution in [0.3, 0.4) is 0 Å². The summed E-state index contributed by atoms with van der Waals surface area (Å²) in [7, 11) is -3.70. The molecule has 0 fully saturated rings. The van der Waals surface area contributed by atoms with Gasteiger partial charge >= 0.3 is 5.69 Å². The summed E-state index contributed by atoms with van der Waals surface area (Å²) in [5.41, 5.74) is 7.17. The molecule has 0 atom stereocenters. The van der Waals surface area contributed by atoms with Gasteiger partial charge in [-0.15, -0.1) is 0 Å². The second kappa shape index (κ2) is 4.67. The summed E-state index contributed by atoms with van der Waals surface area (Å²) in [6.07, 6.45) is 0. The van der Waals surface area contributed by atoms with Gasteiger partial charge in [-0.3, -0.25) is 4.72 Å². The zero-order valence-electron chi connectivity index (χ0n) is 10.8. The van der Waals surface area contributed by atoms with Crippen LogP contribution < -0.4 is 16.1 Å². The topological polar surface area (TPSA) is 121 Å². The van der Waals surface area contributed by atoms with Crippen molar-refractivity contribution in [3.8, 4) is 0 Å². The van der Waals surface area contributed by atoms with Crippen molar-refractivity contribution in [1.29, 1.82) is 0 Å². The van der Waals surface area contributed by atoms with Gasteiger partial charge in [-0.2, -0.15) is 0 Å². The minimum atomic E-state index is -3.70. The highest BCUT2D eigenvalue weighted by molar-refractivity contribution is 7.92. The lowest BCUT2D eigenvalue weighted by Gasteiger charge is -2.08. The van der Waals surface area contributed by atoms with Gasteiger partial charge in [0.25, 0.3) is 10.0 Å². The highest BCUT2D eigenvalue weighted by Crippen LogP contribution is 2.19. The summed E-state index contributed by atoms with van der Waals surface area (Å²) >= 11 is 0. The van der Waals surface area contributed by atoms with Gasteiger partial charge < -0.3 is 15.7 Å². The van der Waals surface area contributed by atoms with Crippen LogP contribution in [0.5, 0.6) is 0 Å². The second-order valence-electron chi connectivity index (χ2n) is 4.51. The number of benzene rings is 2. The minimum absolute atomic E-state index is 0.111. The molecule has 1 aromatic heterocycles. The van der Waals surface area contributed by atoms with Crippen molar-refractivity contribution in [2.24, 2.45) is 0 Å². The number of hydrogen-bond acceptors (Lipinski definition) is 4. The molecule has 108 valence electrons. The summed E-state index contributed by atoms with van der Waals surface area (Å²) < 4.78 is 26.9. The Labute approximate surface area is 119 Å². The van der Waals surface area contributed by atoms with Gasteiger partial charge in [-0.1, -0.05) is 0 Å². The summed E-state index contributed by atoms with van der Waals surface area (Å²) in [6, 6.07) is 10.6. The molecular formula is C13H12N4O3S. The van der Waals surface area contributed by atoms with Crippen LogP contribution in [0, 0.1) is 0 Å². The third-order valence-electron chi connectivity index (χ3n) is 2.96. The number of nitrogens with one attached hydrogen (secondary N) is 3. The van der Waals surface area contributed by atoms with Gasteiger partial charge in [0.05, 0.1) is 21.6 Å². The predicted octanol–water partition coefficient (Wildman–Crippen LogP) is 1.24. The molecule has 0 bridgehead atoms. The number of fused-ring (bicyclic) bond motifs is 1. The first-order valence-corrected chi connectivity index (χ1v) is 7.53. The van der Waals surface area contributed by atoms with Gasteiger partial charge in [-0.25, -0.2) is 13.2 Å². The van der Waals surface area contributed by atoms with Crippen LogP contribution in [0.1, 0.15) is 0 Å². The molecule has 0 aliphatic heterocycles. The fourth-order valence-electron chi connectivity index (χ4n) is 1.96. The largest absolute Gasteiger partial charge is 0.399 e. The van der Waals surface area contributed by atoms with Crippen molar-refractivity contribution in [3.05, 3.63) is 52.9 Å². The zero-order chi connectivity index (χ0) is 15.0. The molecule has 0 spiro atoms. The van der Waals surface area contributed by atoms with Crippen LogP contribution in [0.2, 0.25) is 0 Å². The summed E-state index contributed by atoms with van der Waals surface area (Å²) in [6.45, 7) is 0. The molecule has 21 heavy (non-hydrogen) atoms. The number of anilines is 2. The molecule has 2 aromatic carbocycles. The molecule has 0 aliphatic carbocycles. The summed E-state index contributed by atoms with van der Waals surface area (Å²) in [4.78, 5) is 16.4. The lowest BCUT2D eigenvalue weighted by atomic mass is 10.3. The summed E-state index contributed by atoms with van der Waals surface area (Å²) in [5.74, 6) is 0. The van der Waals surface area contributed by atoms with E-state index < -0.39 is 10.0 Å². The first-order valence-electron chi connectivity index (χ1n) is 6.04. The lowest BCUT2D eigenvalue weighted by molar-refractivity contribution is 0.601. The zero-order valence-corrected chi connectivity index (χ0v) is 11.6. The number of H-pyrrole nitrogens is 2. The van der Waals surface area contributed by atoms with Crippen LogP contribution >= 0.6 is 0 Å². The van der Waals surface area contributed by atoms with E-state index >= 15 is 0 Å². The van der Waals surface area contributed by atoms with Gasteiger partial charge in [0.2, 0.25) is 0 Å². The number of rotatable bonds is 3. The van der Waals surface area contributed by atoms with E-state index in [1.54, 1.807) is 18.2 Å². The molecule has 7 nitrogen and oxygen atoms in total. The summed E-state index contributed by atoms with van der Waals surface area (Å²) in [5, 5.41) is 0. The molecule has 0 unspecified atom stereocenters. The average molecular weight is 304 g/mol. The van der Waals surface area contributed by atoms with E-state index in [0.29, 0.717) is 22.4 Å². The van der Waals surface area contributed by atoms with Gasteiger partial charge in [-0.05, 0) is 42.5 Å². The van der Waals surface area contributed by atoms with Crippen molar-refractivity contribution in [2.45, 2.75) is 4.90 Å². The lowest BCUT2D eigenvalue weighted by Crippen LogP contribution is -2.12. The smallest absolute Gasteiger partial charge is 0.323 e. The standard InChI is InChI=1S/C13H12N4O3S/c14-8-1-4-10(5-2-8)21(19,20)17-9-3-6-11-12(7-9)16-13(18)15-11/h1-7,17H,14H2,(H2,15,16,18). The van der Waals surface area contributed by atoms with Crippen LogP contribution in [-0.4, -0.2) is 18.4 Å². The maximum absolute atomic E-state index is 12.2. The van der Waals surface area contributed by atoms with E-state index in [2.05, 4.69) is 14.7 Å². The molecule has 0 amide bonds. The number of nitrogen functional groups attached to an aromatic ring is 1. The minimum Gasteiger partial charge on any atom is -0.399 e. The van der Waals surface area contributed by atoms with Crippen molar-refractivity contribution in [3.63, 3.8) is 0 Å². The molecule has 5 N–H and O–H groups in total. The molecule has 0 radical (unpaired) electrons. The third-order valence-corrected chi connectivity index (χ3v) is 4.36. The maximum atomic E-state index is 12.2. The maximum Gasteiger partial charge on any atom is 0.323 e. The Morgan fingerprint density at radius 3 is 2.33 bits per heavy atom. The highest BCUT2D eigenvalue weighted by atomic mass is 32.2. The normalized spacial score (nSPS) is 11.6. The average Bonchev–Trinajstić information content (AvgIpc) is 2.78. The van der Waals surface area contributed by atoms with Crippen molar-refractivity contribution in [1.82, 2.24) is 9.97 Å². The van der Waals surface area contributed by atoms with Crippen LogP contribution in [-0.2, 0) is 10.0 Å². The van der Waals surface area contributed by atoms with E-state index in [4.69, 9.17) is 5.73 Å². The first-order chi connectivity index (χ1) is 9.94. The fourth-order valence-corrected chi connectivity index (χ4v) is 3.01. The number of aromatic nitrogens is 2. The van der Waals surface area contributed by atoms with Crippen molar-refractivity contribution in [2.75, 3.05) is 10.5 Å². The molecule has 3 rings (SSSR count). The molecule has 0 saturated heterocycles. The number of sulfonamides is 1. The molecular weight excluding hydrogens is 292 g/mol. The Bertz CT molecular complexity index is 955. The first kappa shape index (κ1) is 13.3. The van der Waals surface area contributed by atoms with E-state index in [1.165, 1.54) is 24.3 Å². The predicted molar refractivity (Wildman–Crippen MR) is 80.6 cm³/mol. The SMILES string of the molecule is Nc1ccc(S(=O)(=O)Nc2ccc3[nH]c(=O)[nH]c3c2)cc1. The molecule has 3 aromatic rings. The second-order valence-corrected chi connectivity index (χ2v) is 6.20. The Balaban J connectivity index is 1.96. The van der Waals surface area contributed by atoms with E-state index in [0.717, 1.165) is 0 Å². The number of imidazole rings is 1. The van der Waals surface area contributed by atoms with E-state index in [-0.39, 0.29) is 10.6 Å². The Hall–Kier alpha value is -2.74. The molecule has 1 heterocycles. The van der Waals surface area contributed by atoms with Crippen LogP contribution in [0.4, 0.5) is 11.4 Å². The van der Waals surface area contributed by atoms with Gasteiger partial charge in [0, 0.05) is 5.69 Å². The van der Waals surface area contributed by atoms with Crippen LogP contribution in [0.15, 0.2) is 52.2 Å². The van der Waals surface area contributed by atoms with Gasteiger partial charge in [0.1, 0.15) is 0 Å². The molecule has 0 aliphatic rings. The number of nitrogens with two attached hydrogens (primary N) is 1. The van der Waals surface area contributed by atoms with Crippen molar-refractivity contribution >= 4 is 32.4 Å². The Kier molecular flexibility index (Phi) is 2.95. The van der Waals surface area contributed by atoms with E-state index in [9.17, 15) is 13.2 Å². The van der Waals surface area contributed by atoms with Crippen molar-refractivity contribution < 1.29 is 8.42 Å². The molecule has 0 saturated carbocycles. The number of aromatic amines is 2. The van der Waals surface area contributed by atoms with E-state index in [1.807, 2.05) is 0 Å². The fraction of sp³-hybridized carbons (Fsp3) is 0. The highest BCUT2D eigenvalue weighted by Gasteiger charge is 2.14. The van der Waals surface area contributed by atoms with Crippen LogP contribution in [0.25, 0.3) is 11.0 Å². The number of hydrogen-bond donors (Lipinski definition) is 4. The quantitative estimate of drug-likeness (QED) is 0.544.